The van der Waals surface area contributed by atoms with Crippen LogP contribution in [-0.2, 0) is 9.59 Å². The second-order valence-corrected chi connectivity index (χ2v) is 5.99. The smallest absolute Gasteiger partial charge is 0.343 e. The summed E-state index contributed by atoms with van der Waals surface area (Å²) < 4.78 is 13.9. The number of hydrogen-bond donors (Lipinski definition) is 1. The summed E-state index contributed by atoms with van der Waals surface area (Å²) in [6.45, 7) is 1.79. The first-order valence-corrected chi connectivity index (χ1v) is 7.29. The van der Waals surface area contributed by atoms with Gasteiger partial charge in [0, 0.05) is 17.9 Å². The maximum absolute atomic E-state index is 13.9. The fraction of sp³-hybridized carbons (Fsp3) is 0.429. The van der Waals surface area contributed by atoms with Gasteiger partial charge < -0.3 is 10.0 Å². The van der Waals surface area contributed by atoms with Crippen molar-refractivity contribution in [2.45, 2.75) is 23.9 Å². The molecule has 1 heterocycles. The second-order valence-electron chi connectivity index (χ2n) is 4.94. The molecule has 0 radical (unpaired) electrons. The number of alkyl halides is 1. The molecule has 1 fully saturated rings. The molecule has 6 heteroatoms. The molecule has 0 saturated carbocycles. The van der Waals surface area contributed by atoms with E-state index in [2.05, 4.69) is 0 Å². The molecular weight excluding hydrogens is 281 g/mol. The standard InChI is InChI=1S/C14H16FNO3S/c1-10-2-4-11(5-3-10)20-8-12(17)16-7-6-14(15,9-16)13(18)19/h2-5H,6-9H2,1H3,(H,18,19). The van der Waals surface area contributed by atoms with Crippen LogP contribution in [0, 0.1) is 6.92 Å². The lowest BCUT2D eigenvalue weighted by Crippen LogP contribution is -2.39. The number of carboxylic acid groups (broad SMARTS) is 1. The molecule has 1 aromatic carbocycles. The third kappa shape index (κ3) is 3.30. The van der Waals surface area contributed by atoms with Crippen LogP contribution in [0.15, 0.2) is 29.2 Å². The Hall–Kier alpha value is -1.56. The molecule has 4 nitrogen and oxygen atoms in total. The maximum atomic E-state index is 13.9. The summed E-state index contributed by atoms with van der Waals surface area (Å²) >= 11 is 1.37. The number of likely N-dealkylation sites (tertiary alicyclic amines) is 1. The molecule has 0 spiro atoms. The van der Waals surface area contributed by atoms with E-state index in [9.17, 15) is 14.0 Å². The lowest BCUT2D eigenvalue weighted by molar-refractivity contribution is -0.150. The fourth-order valence-corrected chi connectivity index (χ4v) is 2.83. The fourth-order valence-electron chi connectivity index (χ4n) is 2.03. The van der Waals surface area contributed by atoms with Crippen molar-refractivity contribution in [1.82, 2.24) is 4.90 Å². The van der Waals surface area contributed by atoms with Crippen molar-refractivity contribution in [2.75, 3.05) is 18.8 Å². The molecular formula is C14H16FNO3S. The maximum Gasteiger partial charge on any atom is 0.343 e. The minimum Gasteiger partial charge on any atom is -0.479 e. The van der Waals surface area contributed by atoms with E-state index in [1.54, 1.807) is 0 Å². The van der Waals surface area contributed by atoms with Crippen LogP contribution in [0.4, 0.5) is 4.39 Å². The van der Waals surface area contributed by atoms with E-state index in [4.69, 9.17) is 5.11 Å². The van der Waals surface area contributed by atoms with Gasteiger partial charge in [-0.15, -0.1) is 11.8 Å². The number of aliphatic carboxylic acids is 1. The van der Waals surface area contributed by atoms with Gasteiger partial charge in [-0.3, -0.25) is 4.79 Å². The number of benzene rings is 1. The quantitative estimate of drug-likeness (QED) is 0.865. The first-order valence-electron chi connectivity index (χ1n) is 6.30. The Morgan fingerprint density at radius 1 is 1.40 bits per heavy atom. The largest absolute Gasteiger partial charge is 0.479 e. The molecule has 1 saturated heterocycles. The third-order valence-corrected chi connectivity index (χ3v) is 4.34. The van der Waals surface area contributed by atoms with E-state index in [1.807, 2.05) is 31.2 Å². The Labute approximate surface area is 121 Å². The summed E-state index contributed by atoms with van der Waals surface area (Å²) in [5, 5.41) is 8.79. The Balaban J connectivity index is 1.87. The highest BCUT2D eigenvalue weighted by molar-refractivity contribution is 8.00. The van der Waals surface area contributed by atoms with Crippen LogP contribution >= 0.6 is 11.8 Å². The Morgan fingerprint density at radius 2 is 2.05 bits per heavy atom. The monoisotopic (exact) mass is 297 g/mol. The van der Waals surface area contributed by atoms with Gasteiger partial charge in [-0.25, -0.2) is 9.18 Å². The summed E-state index contributed by atoms with van der Waals surface area (Å²) in [4.78, 5) is 25.0. The molecule has 0 aromatic heterocycles. The lowest BCUT2D eigenvalue weighted by Gasteiger charge is -2.17. The Kier molecular flexibility index (Phi) is 4.32. The highest BCUT2D eigenvalue weighted by Gasteiger charge is 2.46. The molecule has 1 N–H and O–H groups in total. The molecule has 1 unspecified atom stereocenters. The number of carboxylic acids is 1. The molecule has 20 heavy (non-hydrogen) atoms. The van der Waals surface area contributed by atoms with E-state index in [0.717, 1.165) is 10.5 Å². The average molecular weight is 297 g/mol. The molecule has 1 aliphatic rings. The highest BCUT2D eigenvalue weighted by Crippen LogP contribution is 2.27. The van der Waals surface area contributed by atoms with Crippen molar-refractivity contribution in [3.8, 4) is 0 Å². The molecule has 0 bridgehead atoms. The number of carbonyl (C=O) groups is 2. The minimum atomic E-state index is -2.29. The molecule has 1 aromatic rings. The van der Waals surface area contributed by atoms with Crippen LogP contribution in [0.5, 0.6) is 0 Å². The zero-order valence-corrected chi connectivity index (χ0v) is 12.0. The Bertz CT molecular complexity index is 520. The summed E-state index contributed by atoms with van der Waals surface area (Å²) in [7, 11) is 0. The first kappa shape index (κ1) is 14.8. The van der Waals surface area contributed by atoms with Crippen molar-refractivity contribution in [1.29, 1.82) is 0 Å². The number of halogens is 1. The van der Waals surface area contributed by atoms with Gasteiger partial charge >= 0.3 is 5.97 Å². The Morgan fingerprint density at radius 3 is 2.60 bits per heavy atom. The molecule has 108 valence electrons. The van der Waals surface area contributed by atoms with E-state index >= 15 is 0 Å². The van der Waals surface area contributed by atoms with Crippen LogP contribution in [0.25, 0.3) is 0 Å². The van der Waals surface area contributed by atoms with E-state index in [0.29, 0.717) is 0 Å². The van der Waals surface area contributed by atoms with Gasteiger partial charge in [0.05, 0.1) is 12.3 Å². The molecule has 2 rings (SSSR count). The van der Waals surface area contributed by atoms with Crippen LogP contribution in [0.2, 0.25) is 0 Å². The van der Waals surface area contributed by atoms with Crippen molar-refractivity contribution in [2.24, 2.45) is 0 Å². The SMILES string of the molecule is Cc1ccc(SCC(=O)N2CCC(F)(C(=O)O)C2)cc1. The predicted octanol–water partition coefficient (Wildman–Crippen LogP) is 2.11. The van der Waals surface area contributed by atoms with Crippen LogP contribution in [0.1, 0.15) is 12.0 Å². The zero-order valence-electron chi connectivity index (χ0n) is 11.1. The second kappa shape index (κ2) is 5.83. The van der Waals surface area contributed by atoms with Crippen molar-refractivity contribution in [3.63, 3.8) is 0 Å². The van der Waals surface area contributed by atoms with Gasteiger partial charge in [-0.1, -0.05) is 17.7 Å². The van der Waals surface area contributed by atoms with Crippen LogP contribution in [-0.4, -0.2) is 46.4 Å². The number of aryl methyl sites for hydroxylation is 1. The van der Waals surface area contributed by atoms with Crippen LogP contribution < -0.4 is 0 Å². The molecule has 1 amide bonds. The number of nitrogens with zero attached hydrogens (tertiary/aromatic N) is 1. The number of rotatable bonds is 4. The zero-order chi connectivity index (χ0) is 14.8. The lowest BCUT2D eigenvalue weighted by atomic mass is 10.1. The van der Waals surface area contributed by atoms with Gasteiger partial charge in [0.25, 0.3) is 0 Å². The van der Waals surface area contributed by atoms with Crippen molar-refractivity contribution < 1.29 is 19.1 Å². The minimum absolute atomic E-state index is 0.136. The first-order chi connectivity index (χ1) is 9.40. The third-order valence-electron chi connectivity index (χ3n) is 3.34. The van der Waals surface area contributed by atoms with Crippen LogP contribution in [0.3, 0.4) is 0 Å². The van der Waals surface area contributed by atoms with E-state index in [-0.39, 0.29) is 31.2 Å². The highest BCUT2D eigenvalue weighted by atomic mass is 32.2. The van der Waals surface area contributed by atoms with Crippen molar-refractivity contribution >= 4 is 23.6 Å². The van der Waals surface area contributed by atoms with Gasteiger partial charge in [0.2, 0.25) is 11.6 Å². The van der Waals surface area contributed by atoms with Gasteiger partial charge in [0.1, 0.15) is 0 Å². The number of carbonyl (C=O) groups excluding carboxylic acids is 1. The summed E-state index contributed by atoms with van der Waals surface area (Å²) in [6.07, 6.45) is -0.136. The number of amides is 1. The van der Waals surface area contributed by atoms with Gasteiger partial charge in [-0.05, 0) is 19.1 Å². The molecule has 1 aliphatic heterocycles. The topological polar surface area (TPSA) is 57.6 Å². The average Bonchev–Trinajstić information content (AvgIpc) is 2.82. The van der Waals surface area contributed by atoms with Gasteiger partial charge in [0.15, 0.2) is 0 Å². The molecule has 0 aliphatic carbocycles. The summed E-state index contributed by atoms with van der Waals surface area (Å²) in [5.41, 5.74) is -1.15. The van der Waals surface area contributed by atoms with E-state index < -0.39 is 11.6 Å². The summed E-state index contributed by atoms with van der Waals surface area (Å²) in [6, 6.07) is 7.77. The molecule has 1 atom stereocenters. The van der Waals surface area contributed by atoms with Gasteiger partial charge in [-0.2, -0.15) is 0 Å². The van der Waals surface area contributed by atoms with Crippen molar-refractivity contribution in [3.05, 3.63) is 29.8 Å². The number of thioether (sulfide) groups is 1. The normalized spacial score (nSPS) is 22.0. The predicted molar refractivity (Wildman–Crippen MR) is 74.6 cm³/mol. The number of hydrogen-bond acceptors (Lipinski definition) is 3. The van der Waals surface area contributed by atoms with E-state index in [1.165, 1.54) is 16.7 Å². The summed E-state index contributed by atoms with van der Waals surface area (Å²) in [5.74, 6) is -1.52.